The minimum Gasteiger partial charge on any atom is -0.367 e. The number of pyridine rings is 1. The molecule has 1 saturated carbocycles. The summed E-state index contributed by atoms with van der Waals surface area (Å²) in [6.45, 7) is 7.09. The van der Waals surface area contributed by atoms with Crippen molar-refractivity contribution in [2.45, 2.75) is 77.3 Å². The van der Waals surface area contributed by atoms with Crippen LogP contribution in [0.15, 0.2) is 18.3 Å². The maximum atomic E-state index is 4.72. The summed E-state index contributed by atoms with van der Waals surface area (Å²) in [5, 5.41) is 3.78. The first-order valence-corrected chi connectivity index (χ1v) is 9.69. The van der Waals surface area contributed by atoms with Crippen LogP contribution in [-0.2, 0) is 0 Å². The summed E-state index contributed by atoms with van der Waals surface area (Å²) in [4.78, 5) is 7.42. The highest BCUT2D eigenvalue weighted by molar-refractivity contribution is 5.46. The van der Waals surface area contributed by atoms with E-state index < -0.39 is 0 Å². The van der Waals surface area contributed by atoms with E-state index in [0.29, 0.717) is 12.1 Å². The van der Waals surface area contributed by atoms with E-state index in [1.54, 1.807) is 0 Å². The van der Waals surface area contributed by atoms with Crippen molar-refractivity contribution in [2.24, 2.45) is 5.92 Å². The van der Waals surface area contributed by atoms with E-state index in [9.17, 15) is 0 Å². The number of hydrogen-bond donors (Lipinski definition) is 1. The zero-order valence-electron chi connectivity index (χ0n) is 14.9. The molecule has 0 spiro atoms. The standard InChI is InChI=1S/C20H33N3/c1-16(2)15-23-14-7-6-12-19(23)18-11-8-13-21-20(18)22-17-9-4-3-5-10-17/h8,11,13,16-17,19H,3-7,9-10,12,14-15H2,1-2H3,(H,21,22)/t19-/m0/s1. The van der Waals surface area contributed by atoms with Crippen molar-refractivity contribution in [3.8, 4) is 0 Å². The number of nitrogens with zero attached hydrogens (tertiary/aromatic N) is 2. The van der Waals surface area contributed by atoms with Gasteiger partial charge in [0.05, 0.1) is 0 Å². The van der Waals surface area contributed by atoms with Gasteiger partial charge in [0, 0.05) is 30.4 Å². The Balaban J connectivity index is 1.77. The number of likely N-dealkylation sites (tertiary alicyclic amines) is 1. The molecule has 0 aromatic carbocycles. The molecule has 3 rings (SSSR count). The van der Waals surface area contributed by atoms with Gasteiger partial charge in [0.15, 0.2) is 0 Å². The van der Waals surface area contributed by atoms with Gasteiger partial charge >= 0.3 is 0 Å². The Morgan fingerprint density at radius 3 is 2.70 bits per heavy atom. The van der Waals surface area contributed by atoms with Gasteiger partial charge in [-0.05, 0) is 44.2 Å². The molecule has 128 valence electrons. The summed E-state index contributed by atoms with van der Waals surface area (Å²) in [5.41, 5.74) is 1.43. The second-order valence-electron chi connectivity index (χ2n) is 7.82. The molecule has 2 aliphatic rings. The molecule has 1 aliphatic heterocycles. The Kier molecular flexibility index (Phi) is 5.93. The quantitative estimate of drug-likeness (QED) is 0.828. The van der Waals surface area contributed by atoms with Crippen molar-refractivity contribution < 1.29 is 0 Å². The van der Waals surface area contributed by atoms with Crippen LogP contribution in [0.2, 0.25) is 0 Å². The SMILES string of the molecule is CC(C)CN1CCCC[C@H]1c1cccnc1NC1CCCCC1. The molecule has 0 bridgehead atoms. The summed E-state index contributed by atoms with van der Waals surface area (Å²) in [6, 6.07) is 5.59. The predicted octanol–water partition coefficient (Wildman–Crippen LogP) is 5.01. The van der Waals surface area contributed by atoms with Crippen LogP contribution in [0.3, 0.4) is 0 Å². The number of hydrogen-bond acceptors (Lipinski definition) is 3. The Morgan fingerprint density at radius 2 is 1.91 bits per heavy atom. The first kappa shape index (κ1) is 16.8. The third kappa shape index (κ3) is 4.47. The molecular formula is C20H33N3. The molecule has 1 atom stereocenters. The number of aromatic nitrogens is 1. The molecular weight excluding hydrogens is 282 g/mol. The van der Waals surface area contributed by atoms with Gasteiger partial charge in [0.2, 0.25) is 0 Å². The Hall–Kier alpha value is -1.09. The third-order valence-electron chi connectivity index (χ3n) is 5.36. The predicted molar refractivity (Wildman–Crippen MR) is 97.7 cm³/mol. The number of piperidine rings is 1. The fraction of sp³-hybridized carbons (Fsp3) is 0.750. The van der Waals surface area contributed by atoms with Gasteiger partial charge in [-0.1, -0.05) is 45.6 Å². The molecule has 0 unspecified atom stereocenters. The molecule has 1 N–H and O–H groups in total. The Labute approximate surface area is 141 Å². The second kappa shape index (κ2) is 8.14. The minimum atomic E-state index is 0.547. The van der Waals surface area contributed by atoms with Crippen molar-refractivity contribution in [3.05, 3.63) is 23.9 Å². The van der Waals surface area contributed by atoms with Gasteiger partial charge in [0.25, 0.3) is 0 Å². The van der Waals surface area contributed by atoms with Gasteiger partial charge < -0.3 is 5.32 Å². The van der Waals surface area contributed by atoms with Crippen LogP contribution in [0.4, 0.5) is 5.82 Å². The Bertz CT molecular complexity index is 480. The normalized spacial score (nSPS) is 24.0. The van der Waals surface area contributed by atoms with Crippen molar-refractivity contribution in [3.63, 3.8) is 0 Å². The second-order valence-corrected chi connectivity index (χ2v) is 7.82. The average Bonchev–Trinajstić information content (AvgIpc) is 2.56. The van der Waals surface area contributed by atoms with E-state index in [1.807, 2.05) is 6.20 Å². The third-order valence-corrected chi connectivity index (χ3v) is 5.36. The number of rotatable bonds is 5. The average molecular weight is 316 g/mol. The molecule has 1 aliphatic carbocycles. The van der Waals surface area contributed by atoms with Gasteiger partial charge in [-0.3, -0.25) is 4.90 Å². The summed E-state index contributed by atoms with van der Waals surface area (Å²) >= 11 is 0. The van der Waals surface area contributed by atoms with Crippen molar-refractivity contribution >= 4 is 5.82 Å². The topological polar surface area (TPSA) is 28.2 Å². The van der Waals surface area contributed by atoms with Crippen molar-refractivity contribution in [1.29, 1.82) is 0 Å². The lowest BCUT2D eigenvalue weighted by Crippen LogP contribution is -2.36. The van der Waals surface area contributed by atoms with Crippen LogP contribution in [0, 0.1) is 5.92 Å². The highest BCUT2D eigenvalue weighted by Crippen LogP contribution is 2.35. The molecule has 1 aromatic heterocycles. The van der Waals surface area contributed by atoms with Crippen LogP contribution in [0.5, 0.6) is 0 Å². The maximum Gasteiger partial charge on any atom is 0.130 e. The van der Waals surface area contributed by atoms with E-state index in [1.165, 1.54) is 70.0 Å². The van der Waals surface area contributed by atoms with E-state index in [0.717, 1.165) is 11.7 Å². The van der Waals surface area contributed by atoms with Crippen molar-refractivity contribution in [2.75, 3.05) is 18.4 Å². The summed E-state index contributed by atoms with van der Waals surface area (Å²) in [6.07, 6.45) is 12.6. The zero-order chi connectivity index (χ0) is 16.1. The van der Waals surface area contributed by atoms with Gasteiger partial charge in [-0.2, -0.15) is 0 Å². The first-order valence-electron chi connectivity index (χ1n) is 9.69. The van der Waals surface area contributed by atoms with Gasteiger partial charge in [-0.15, -0.1) is 0 Å². The first-order chi connectivity index (χ1) is 11.2. The minimum absolute atomic E-state index is 0.547. The highest BCUT2D eigenvalue weighted by atomic mass is 15.2. The molecule has 0 radical (unpaired) electrons. The molecule has 2 heterocycles. The van der Waals surface area contributed by atoms with Gasteiger partial charge in [0.1, 0.15) is 5.82 Å². The summed E-state index contributed by atoms with van der Waals surface area (Å²) < 4.78 is 0. The highest BCUT2D eigenvalue weighted by Gasteiger charge is 2.27. The molecule has 3 nitrogen and oxygen atoms in total. The van der Waals surface area contributed by atoms with E-state index in [2.05, 4.69) is 36.2 Å². The largest absolute Gasteiger partial charge is 0.367 e. The number of nitrogens with one attached hydrogen (secondary N) is 1. The summed E-state index contributed by atoms with van der Waals surface area (Å²) in [5.74, 6) is 1.88. The summed E-state index contributed by atoms with van der Waals surface area (Å²) in [7, 11) is 0. The monoisotopic (exact) mass is 315 g/mol. The Morgan fingerprint density at radius 1 is 1.13 bits per heavy atom. The van der Waals surface area contributed by atoms with Crippen LogP contribution in [-0.4, -0.2) is 29.0 Å². The molecule has 1 saturated heterocycles. The lowest BCUT2D eigenvalue weighted by atomic mass is 9.93. The van der Waals surface area contributed by atoms with E-state index in [4.69, 9.17) is 4.98 Å². The fourth-order valence-electron chi connectivity index (χ4n) is 4.28. The lowest BCUT2D eigenvalue weighted by molar-refractivity contribution is 0.132. The van der Waals surface area contributed by atoms with Crippen LogP contribution in [0.25, 0.3) is 0 Å². The van der Waals surface area contributed by atoms with E-state index >= 15 is 0 Å². The van der Waals surface area contributed by atoms with Crippen LogP contribution < -0.4 is 5.32 Å². The van der Waals surface area contributed by atoms with Crippen molar-refractivity contribution in [1.82, 2.24) is 9.88 Å². The van der Waals surface area contributed by atoms with Gasteiger partial charge in [-0.25, -0.2) is 4.98 Å². The number of anilines is 1. The van der Waals surface area contributed by atoms with Crippen LogP contribution >= 0.6 is 0 Å². The molecule has 3 heteroatoms. The van der Waals surface area contributed by atoms with Crippen LogP contribution in [0.1, 0.15) is 76.8 Å². The smallest absolute Gasteiger partial charge is 0.130 e. The molecule has 1 aromatic rings. The zero-order valence-corrected chi connectivity index (χ0v) is 14.9. The maximum absolute atomic E-state index is 4.72. The lowest BCUT2D eigenvalue weighted by Gasteiger charge is -2.38. The molecule has 0 amide bonds. The molecule has 23 heavy (non-hydrogen) atoms. The fourth-order valence-corrected chi connectivity index (χ4v) is 4.28. The molecule has 2 fully saturated rings. The van der Waals surface area contributed by atoms with E-state index in [-0.39, 0.29) is 0 Å².